The number of amides is 1. The van der Waals surface area contributed by atoms with Gasteiger partial charge in [-0.25, -0.2) is 9.50 Å². The number of hydrogen-bond acceptors (Lipinski definition) is 3. The molecule has 5 nitrogen and oxygen atoms in total. The minimum absolute atomic E-state index is 0.201. The Morgan fingerprint density at radius 3 is 2.76 bits per heavy atom. The van der Waals surface area contributed by atoms with E-state index in [0.717, 1.165) is 22.6 Å². The number of fused-ring (bicyclic) bond motifs is 1. The number of hydrogen-bond donors (Lipinski definition) is 1. The summed E-state index contributed by atoms with van der Waals surface area (Å²) in [6.07, 6.45) is 1.56. The predicted octanol–water partition coefficient (Wildman–Crippen LogP) is 2.91. The van der Waals surface area contributed by atoms with Crippen LogP contribution in [0.5, 0.6) is 0 Å². The second kappa shape index (κ2) is 5.01. The monoisotopic (exact) mass is 280 g/mol. The molecule has 0 saturated carbocycles. The van der Waals surface area contributed by atoms with Gasteiger partial charge in [-0.2, -0.15) is 5.10 Å². The fourth-order valence-electron chi connectivity index (χ4n) is 2.35. The molecule has 0 saturated heterocycles. The van der Waals surface area contributed by atoms with Crippen molar-refractivity contribution in [2.24, 2.45) is 0 Å². The van der Waals surface area contributed by atoms with Crippen LogP contribution >= 0.6 is 0 Å². The lowest BCUT2D eigenvalue weighted by atomic mass is 10.2. The van der Waals surface area contributed by atoms with Crippen molar-refractivity contribution in [1.29, 1.82) is 0 Å². The second-order valence-electron chi connectivity index (χ2n) is 5.16. The Kier molecular flexibility index (Phi) is 3.17. The maximum Gasteiger partial charge on any atom is 0.261 e. The van der Waals surface area contributed by atoms with E-state index in [1.54, 1.807) is 10.7 Å². The van der Waals surface area contributed by atoms with Gasteiger partial charge in [-0.1, -0.05) is 12.1 Å². The van der Waals surface area contributed by atoms with Crippen molar-refractivity contribution in [3.05, 3.63) is 59.0 Å². The van der Waals surface area contributed by atoms with Crippen molar-refractivity contribution >= 4 is 17.2 Å². The van der Waals surface area contributed by atoms with Crippen LogP contribution in [0.2, 0.25) is 0 Å². The van der Waals surface area contributed by atoms with E-state index >= 15 is 0 Å². The van der Waals surface area contributed by atoms with Crippen LogP contribution < -0.4 is 5.32 Å². The van der Waals surface area contributed by atoms with Gasteiger partial charge in [0, 0.05) is 17.1 Å². The van der Waals surface area contributed by atoms with E-state index in [0.29, 0.717) is 11.2 Å². The van der Waals surface area contributed by atoms with Gasteiger partial charge in [0.05, 0.1) is 6.20 Å². The molecule has 0 atom stereocenters. The minimum Gasteiger partial charge on any atom is -0.322 e. The van der Waals surface area contributed by atoms with Gasteiger partial charge in [0.1, 0.15) is 5.56 Å². The molecule has 0 radical (unpaired) electrons. The van der Waals surface area contributed by atoms with Crippen LogP contribution in [0.25, 0.3) is 5.65 Å². The van der Waals surface area contributed by atoms with E-state index in [2.05, 4.69) is 15.4 Å². The van der Waals surface area contributed by atoms with Crippen LogP contribution in [0, 0.1) is 20.8 Å². The maximum absolute atomic E-state index is 12.4. The van der Waals surface area contributed by atoms with Crippen molar-refractivity contribution in [1.82, 2.24) is 14.6 Å². The molecule has 0 aliphatic carbocycles. The van der Waals surface area contributed by atoms with E-state index in [9.17, 15) is 4.79 Å². The molecule has 1 aromatic carbocycles. The van der Waals surface area contributed by atoms with Crippen molar-refractivity contribution < 1.29 is 4.79 Å². The number of aryl methyl sites for hydroxylation is 3. The summed E-state index contributed by atoms with van der Waals surface area (Å²) >= 11 is 0. The normalized spacial score (nSPS) is 10.8. The fourth-order valence-corrected chi connectivity index (χ4v) is 2.35. The van der Waals surface area contributed by atoms with Gasteiger partial charge >= 0.3 is 0 Å². The van der Waals surface area contributed by atoms with Crippen molar-refractivity contribution in [3.63, 3.8) is 0 Å². The molecule has 2 heterocycles. The smallest absolute Gasteiger partial charge is 0.261 e. The Morgan fingerprint density at radius 2 is 2.00 bits per heavy atom. The average Bonchev–Trinajstić information content (AvgIpc) is 2.82. The lowest BCUT2D eigenvalue weighted by molar-refractivity contribution is 0.102. The molecule has 3 rings (SSSR count). The highest BCUT2D eigenvalue weighted by Gasteiger charge is 2.15. The SMILES string of the molecule is Cc1cccc(NC(=O)c2cnn3c(C)cc(C)nc23)c1. The van der Waals surface area contributed by atoms with Crippen LogP contribution in [0.3, 0.4) is 0 Å². The summed E-state index contributed by atoms with van der Waals surface area (Å²) < 4.78 is 1.68. The lowest BCUT2D eigenvalue weighted by Crippen LogP contribution is -2.12. The van der Waals surface area contributed by atoms with Gasteiger partial charge in [0.15, 0.2) is 5.65 Å². The summed E-state index contributed by atoms with van der Waals surface area (Å²) in [5, 5.41) is 7.12. The zero-order valence-corrected chi connectivity index (χ0v) is 12.2. The van der Waals surface area contributed by atoms with Gasteiger partial charge in [-0.3, -0.25) is 4.79 Å². The number of carbonyl (C=O) groups is 1. The van der Waals surface area contributed by atoms with E-state index in [1.165, 1.54) is 0 Å². The maximum atomic E-state index is 12.4. The summed E-state index contributed by atoms with van der Waals surface area (Å²) in [5.41, 5.74) is 4.74. The minimum atomic E-state index is -0.201. The Hall–Kier alpha value is -2.69. The van der Waals surface area contributed by atoms with Gasteiger partial charge in [-0.05, 0) is 44.5 Å². The standard InChI is InChI=1S/C16H16N4O/c1-10-5-4-6-13(7-10)19-16(21)14-9-17-20-12(3)8-11(2)18-15(14)20/h4-9H,1-3H3,(H,19,21). The van der Waals surface area contributed by atoms with Crippen LogP contribution in [-0.4, -0.2) is 20.5 Å². The first-order valence-corrected chi connectivity index (χ1v) is 6.74. The topological polar surface area (TPSA) is 59.3 Å². The molecule has 0 aliphatic rings. The van der Waals surface area contributed by atoms with Crippen molar-refractivity contribution in [2.75, 3.05) is 5.32 Å². The molecule has 0 fully saturated rings. The van der Waals surface area contributed by atoms with Crippen LogP contribution in [0.15, 0.2) is 36.5 Å². The third-order valence-electron chi connectivity index (χ3n) is 3.30. The third-order valence-corrected chi connectivity index (χ3v) is 3.30. The molecule has 1 N–H and O–H groups in total. The Labute approximate surface area is 122 Å². The fraction of sp³-hybridized carbons (Fsp3) is 0.188. The van der Waals surface area contributed by atoms with Gasteiger partial charge in [0.2, 0.25) is 0 Å². The summed E-state index contributed by atoms with van der Waals surface area (Å²) in [6.45, 7) is 5.83. The molecule has 0 aliphatic heterocycles. The molecule has 106 valence electrons. The van der Waals surface area contributed by atoms with Gasteiger partial charge in [-0.15, -0.1) is 0 Å². The number of anilines is 1. The molecule has 1 amide bonds. The molecule has 5 heteroatoms. The number of benzene rings is 1. The number of nitrogens with zero attached hydrogens (tertiary/aromatic N) is 3. The lowest BCUT2D eigenvalue weighted by Gasteiger charge is -2.05. The van der Waals surface area contributed by atoms with Crippen LogP contribution in [-0.2, 0) is 0 Å². The zero-order chi connectivity index (χ0) is 15.0. The van der Waals surface area contributed by atoms with Gasteiger partial charge < -0.3 is 5.32 Å². The summed E-state index contributed by atoms with van der Waals surface area (Å²) in [6, 6.07) is 9.61. The Morgan fingerprint density at radius 1 is 1.19 bits per heavy atom. The van der Waals surface area contributed by atoms with E-state index in [4.69, 9.17) is 0 Å². The van der Waals surface area contributed by atoms with E-state index in [1.807, 2.05) is 51.1 Å². The Balaban J connectivity index is 1.99. The Bertz CT molecular complexity index is 835. The predicted molar refractivity (Wildman–Crippen MR) is 81.6 cm³/mol. The largest absolute Gasteiger partial charge is 0.322 e. The molecule has 0 spiro atoms. The molecule has 0 bridgehead atoms. The molecule has 3 aromatic rings. The second-order valence-corrected chi connectivity index (χ2v) is 5.16. The number of rotatable bonds is 2. The molecular formula is C16H16N4O. The van der Waals surface area contributed by atoms with E-state index < -0.39 is 0 Å². The first kappa shape index (κ1) is 13.3. The molecule has 0 unspecified atom stereocenters. The zero-order valence-electron chi connectivity index (χ0n) is 12.2. The molecular weight excluding hydrogens is 264 g/mol. The van der Waals surface area contributed by atoms with Crippen LogP contribution in [0.4, 0.5) is 5.69 Å². The third kappa shape index (κ3) is 2.50. The van der Waals surface area contributed by atoms with Crippen molar-refractivity contribution in [2.45, 2.75) is 20.8 Å². The summed E-state index contributed by atoms with van der Waals surface area (Å²) in [7, 11) is 0. The molecule has 2 aromatic heterocycles. The van der Waals surface area contributed by atoms with E-state index in [-0.39, 0.29) is 5.91 Å². The number of aromatic nitrogens is 3. The first-order valence-electron chi connectivity index (χ1n) is 6.74. The van der Waals surface area contributed by atoms with Gasteiger partial charge in [0.25, 0.3) is 5.91 Å². The number of carbonyl (C=O) groups excluding carboxylic acids is 1. The summed E-state index contributed by atoms with van der Waals surface area (Å²) in [4.78, 5) is 16.8. The van der Waals surface area contributed by atoms with Crippen molar-refractivity contribution in [3.8, 4) is 0 Å². The number of nitrogens with one attached hydrogen (secondary N) is 1. The highest BCUT2D eigenvalue weighted by Crippen LogP contribution is 2.15. The molecule has 21 heavy (non-hydrogen) atoms. The first-order chi connectivity index (χ1) is 10.0. The highest BCUT2D eigenvalue weighted by molar-refractivity contribution is 6.08. The highest BCUT2D eigenvalue weighted by atomic mass is 16.1. The average molecular weight is 280 g/mol. The quantitative estimate of drug-likeness (QED) is 0.785. The summed E-state index contributed by atoms with van der Waals surface area (Å²) in [5.74, 6) is -0.201. The van der Waals surface area contributed by atoms with Crippen LogP contribution in [0.1, 0.15) is 27.3 Å².